The van der Waals surface area contributed by atoms with Crippen LogP contribution in [0.3, 0.4) is 0 Å². The molecule has 0 bridgehead atoms. The van der Waals surface area contributed by atoms with Gasteiger partial charge in [-0.15, -0.1) is 0 Å². The molecule has 0 atom stereocenters. The van der Waals surface area contributed by atoms with Gasteiger partial charge in [-0.3, -0.25) is 0 Å². The molecule has 2 N–H and O–H groups in total. The zero-order valence-corrected chi connectivity index (χ0v) is 17.3. The fourth-order valence-electron chi connectivity index (χ4n) is 2.92. The SMILES string of the molecule is O=C1OC(c2ccc(Nc3ccccc3C(=O)O)cc2)=N/C1=C/c1ccc(Cl)c(Cl)c1. The van der Waals surface area contributed by atoms with E-state index in [0.717, 1.165) is 0 Å². The van der Waals surface area contributed by atoms with Gasteiger partial charge in [0.1, 0.15) is 0 Å². The molecule has 31 heavy (non-hydrogen) atoms. The third-order valence-corrected chi connectivity index (χ3v) is 5.17. The van der Waals surface area contributed by atoms with Gasteiger partial charge in [-0.1, -0.05) is 41.4 Å². The lowest BCUT2D eigenvalue weighted by atomic mass is 10.1. The highest BCUT2D eigenvalue weighted by Gasteiger charge is 2.24. The number of carboxylic acid groups (broad SMARTS) is 1. The van der Waals surface area contributed by atoms with E-state index in [0.29, 0.717) is 32.5 Å². The second-order valence-corrected chi connectivity index (χ2v) is 7.38. The average molecular weight is 453 g/mol. The number of benzene rings is 3. The number of rotatable bonds is 5. The fraction of sp³-hybridized carbons (Fsp3) is 0. The minimum Gasteiger partial charge on any atom is -0.478 e. The Balaban J connectivity index is 1.55. The van der Waals surface area contributed by atoms with E-state index >= 15 is 0 Å². The average Bonchev–Trinajstić information content (AvgIpc) is 3.12. The maximum absolute atomic E-state index is 12.2. The summed E-state index contributed by atoms with van der Waals surface area (Å²) < 4.78 is 5.28. The monoisotopic (exact) mass is 452 g/mol. The van der Waals surface area contributed by atoms with Crippen molar-refractivity contribution in [2.75, 3.05) is 5.32 Å². The van der Waals surface area contributed by atoms with E-state index in [2.05, 4.69) is 10.3 Å². The van der Waals surface area contributed by atoms with Crippen molar-refractivity contribution in [3.05, 3.63) is 99.2 Å². The number of ether oxygens (including phenoxy) is 1. The zero-order chi connectivity index (χ0) is 22.0. The molecule has 0 saturated carbocycles. The van der Waals surface area contributed by atoms with Gasteiger partial charge in [0.15, 0.2) is 5.70 Å². The van der Waals surface area contributed by atoms with Crippen LogP contribution in [0.15, 0.2) is 77.4 Å². The molecule has 3 aromatic rings. The standard InChI is InChI=1S/C23H14Cl2N2O4/c24-17-10-5-13(11-18(17)25)12-20-23(30)31-21(27-20)14-6-8-15(9-7-14)26-19-4-2-1-3-16(19)22(28)29/h1-12,26H,(H,28,29)/b20-12+. The third-order valence-electron chi connectivity index (χ3n) is 4.44. The minimum atomic E-state index is -1.02. The molecule has 8 heteroatoms. The predicted octanol–water partition coefficient (Wildman–Crippen LogP) is 5.78. The second kappa shape index (κ2) is 8.63. The molecular weight excluding hydrogens is 439 g/mol. The van der Waals surface area contributed by atoms with Crippen molar-refractivity contribution in [2.24, 2.45) is 4.99 Å². The number of carbonyl (C=O) groups excluding carboxylic acids is 1. The first kappa shape index (κ1) is 20.7. The van der Waals surface area contributed by atoms with E-state index in [9.17, 15) is 14.7 Å². The lowest BCUT2D eigenvalue weighted by molar-refractivity contribution is -0.129. The van der Waals surface area contributed by atoms with Gasteiger partial charge < -0.3 is 15.2 Å². The Bertz CT molecular complexity index is 1250. The molecule has 1 aliphatic heterocycles. The number of cyclic esters (lactones) is 1. The Kier molecular flexibility index (Phi) is 5.75. The minimum absolute atomic E-state index is 0.144. The summed E-state index contributed by atoms with van der Waals surface area (Å²) in [5.41, 5.74) is 2.72. The molecule has 0 saturated heterocycles. The number of aliphatic imine (C=N–C) groups is 1. The Hall–Kier alpha value is -3.61. The molecule has 0 aliphatic carbocycles. The highest BCUT2D eigenvalue weighted by molar-refractivity contribution is 6.42. The topological polar surface area (TPSA) is 88.0 Å². The molecule has 1 aliphatic rings. The Morgan fingerprint density at radius 2 is 1.74 bits per heavy atom. The van der Waals surface area contributed by atoms with Crippen LogP contribution in [0.5, 0.6) is 0 Å². The summed E-state index contributed by atoms with van der Waals surface area (Å²) >= 11 is 11.9. The second-order valence-electron chi connectivity index (χ2n) is 6.56. The number of nitrogens with zero attached hydrogens (tertiary/aromatic N) is 1. The Morgan fingerprint density at radius 3 is 2.45 bits per heavy atom. The first-order valence-electron chi connectivity index (χ1n) is 9.08. The van der Waals surface area contributed by atoms with Crippen LogP contribution in [0.1, 0.15) is 21.5 Å². The number of hydrogen-bond donors (Lipinski definition) is 2. The van der Waals surface area contributed by atoms with Crippen LogP contribution < -0.4 is 5.32 Å². The molecule has 6 nitrogen and oxygen atoms in total. The summed E-state index contributed by atoms with van der Waals surface area (Å²) in [5.74, 6) is -1.42. The van der Waals surface area contributed by atoms with Gasteiger partial charge in [-0.25, -0.2) is 14.6 Å². The van der Waals surface area contributed by atoms with E-state index in [1.54, 1.807) is 66.7 Å². The predicted molar refractivity (Wildman–Crippen MR) is 120 cm³/mol. The Morgan fingerprint density at radius 1 is 1.00 bits per heavy atom. The number of halogens is 2. The van der Waals surface area contributed by atoms with Crippen molar-refractivity contribution in [1.82, 2.24) is 0 Å². The number of anilines is 2. The van der Waals surface area contributed by atoms with Gasteiger partial charge >= 0.3 is 11.9 Å². The van der Waals surface area contributed by atoms with Crippen LogP contribution in [0.25, 0.3) is 6.08 Å². The summed E-state index contributed by atoms with van der Waals surface area (Å²) in [6.07, 6.45) is 1.57. The molecule has 3 aromatic carbocycles. The van der Waals surface area contributed by atoms with Crippen LogP contribution in [-0.2, 0) is 9.53 Å². The summed E-state index contributed by atoms with van der Waals surface area (Å²) in [5, 5.41) is 13.2. The van der Waals surface area contributed by atoms with Crippen LogP contribution in [0.4, 0.5) is 11.4 Å². The summed E-state index contributed by atoms with van der Waals surface area (Å²) in [7, 11) is 0. The van der Waals surface area contributed by atoms with Crippen molar-refractivity contribution in [3.8, 4) is 0 Å². The Labute approximate surface area is 187 Å². The molecule has 0 amide bonds. The molecular formula is C23H14Cl2N2O4. The smallest absolute Gasteiger partial charge is 0.363 e. The molecule has 154 valence electrons. The van der Waals surface area contributed by atoms with Gasteiger partial charge in [0, 0.05) is 11.3 Å². The first-order valence-corrected chi connectivity index (χ1v) is 9.84. The van der Waals surface area contributed by atoms with Gasteiger partial charge in [0.2, 0.25) is 5.90 Å². The number of para-hydroxylation sites is 1. The summed E-state index contributed by atoms with van der Waals surface area (Å²) in [6.45, 7) is 0. The first-order chi connectivity index (χ1) is 14.9. The molecule has 1 heterocycles. The van der Waals surface area contributed by atoms with Gasteiger partial charge in [0.25, 0.3) is 0 Å². The normalized spacial score (nSPS) is 14.3. The summed E-state index contributed by atoms with van der Waals surface area (Å²) in [4.78, 5) is 27.8. The van der Waals surface area contributed by atoms with E-state index in [4.69, 9.17) is 27.9 Å². The number of hydrogen-bond acceptors (Lipinski definition) is 5. The van der Waals surface area contributed by atoms with Crippen molar-refractivity contribution in [1.29, 1.82) is 0 Å². The molecule has 0 aromatic heterocycles. The number of carbonyl (C=O) groups is 2. The summed E-state index contributed by atoms with van der Waals surface area (Å²) in [6, 6.07) is 18.5. The van der Waals surface area contributed by atoms with Crippen LogP contribution in [-0.4, -0.2) is 22.9 Å². The number of aromatic carboxylic acids is 1. The van der Waals surface area contributed by atoms with Crippen LogP contribution >= 0.6 is 23.2 Å². The van der Waals surface area contributed by atoms with Crippen LogP contribution in [0.2, 0.25) is 10.0 Å². The van der Waals surface area contributed by atoms with E-state index in [1.165, 1.54) is 6.07 Å². The highest BCUT2D eigenvalue weighted by atomic mass is 35.5. The number of carboxylic acids is 1. The fourth-order valence-corrected chi connectivity index (χ4v) is 3.23. The largest absolute Gasteiger partial charge is 0.478 e. The number of esters is 1. The molecule has 0 radical (unpaired) electrons. The van der Waals surface area contributed by atoms with Crippen molar-refractivity contribution in [3.63, 3.8) is 0 Å². The lowest BCUT2D eigenvalue weighted by Crippen LogP contribution is -2.06. The van der Waals surface area contributed by atoms with E-state index in [1.807, 2.05) is 0 Å². The van der Waals surface area contributed by atoms with Gasteiger partial charge in [-0.05, 0) is 60.2 Å². The van der Waals surface area contributed by atoms with Gasteiger partial charge in [-0.2, -0.15) is 0 Å². The van der Waals surface area contributed by atoms with Crippen molar-refractivity contribution in [2.45, 2.75) is 0 Å². The van der Waals surface area contributed by atoms with Crippen molar-refractivity contribution >= 4 is 58.5 Å². The van der Waals surface area contributed by atoms with Crippen molar-refractivity contribution < 1.29 is 19.4 Å². The molecule has 0 unspecified atom stereocenters. The van der Waals surface area contributed by atoms with Gasteiger partial charge in [0.05, 0.1) is 21.3 Å². The molecule has 4 rings (SSSR count). The lowest BCUT2D eigenvalue weighted by Gasteiger charge is -2.10. The molecule has 0 fully saturated rings. The maximum atomic E-state index is 12.2. The van der Waals surface area contributed by atoms with Crippen LogP contribution in [0, 0.1) is 0 Å². The maximum Gasteiger partial charge on any atom is 0.363 e. The van der Waals surface area contributed by atoms with E-state index in [-0.39, 0.29) is 17.2 Å². The van der Waals surface area contributed by atoms with E-state index < -0.39 is 11.9 Å². The quantitative estimate of drug-likeness (QED) is 0.378. The highest BCUT2D eigenvalue weighted by Crippen LogP contribution is 2.26. The zero-order valence-electron chi connectivity index (χ0n) is 15.8. The number of nitrogens with one attached hydrogen (secondary N) is 1. The third kappa shape index (κ3) is 4.60. The molecule has 0 spiro atoms.